The zero-order valence-corrected chi connectivity index (χ0v) is 18.0. The first kappa shape index (κ1) is 20.1. The number of hydrogen-bond acceptors (Lipinski definition) is 4. The summed E-state index contributed by atoms with van der Waals surface area (Å²) >= 11 is 14.5. The van der Waals surface area contributed by atoms with Crippen LogP contribution >= 0.6 is 46.7 Å². The van der Waals surface area contributed by atoms with Gasteiger partial charge in [0.25, 0.3) is 11.1 Å². The summed E-state index contributed by atoms with van der Waals surface area (Å²) in [6.45, 7) is 0. The topological polar surface area (TPSA) is 37.4 Å². The second-order valence-electron chi connectivity index (χ2n) is 6.09. The third kappa shape index (κ3) is 4.54. The van der Waals surface area contributed by atoms with E-state index in [0.29, 0.717) is 20.6 Å². The molecule has 0 aliphatic carbocycles. The van der Waals surface area contributed by atoms with Gasteiger partial charge in [0.1, 0.15) is 0 Å². The molecule has 29 heavy (non-hydrogen) atoms. The molecule has 0 unspecified atom stereocenters. The molecule has 1 fully saturated rings. The van der Waals surface area contributed by atoms with Gasteiger partial charge in [-0.3, -0.25) is 9.59 Å². The first-order valence-corrected chi connectivity index (χ1v) is 11.0. The fourth-order valence-electron chi connectivity index (χ4n) is 2.77. The molecule has 0 N–H and O–H groups in total. The second kappa shape index (κ2) is 8.67. The van der Waals surface area contributed by atoms with Gasteiger partial charge in [-0.2, -0.15) is 0 Å². The molecule has 4 rings (SSSR count). The molecule has 1 saturated heterocycles. The highest BCUT2D eigenvalue weighted by molar-refractivity contribution is 8.19. The Kier molecular flexibility index (Phi) is 6.01. The van der Waals surface area contributed by atoms with Gasteiger partial charge in [0.2, 0.25) is 0 Å². The molecule has 144 valence electrons. The minimum absolute atomic E-state index is 0.341. The summed E-state index contributed by atoms with van der Waals surface area (Å²) in [6.07, 6.45) is 1.76. The Morgan fingerprint density at radius 1 is 0.862 bits per heavy atom. The summed E-state index contributed by atoms with van der Waals surface area (Å²) in [5.74, 6) is -0.353. The van der Waals surface area contributed by atoms with Crippen molar-refractivity contribution in [2.24, 2.45) is 0 Å². The highest BCUT2D eigenvalue weighted by atomic mass is 35.5. The van der Waals surface area contributed by atoms with Gasteiger partial charge in [0.15, 0.2) is 0 Å². The van der Waals surface area contributed by atoms with E-state index in [-0.39, 0.29) is 11.1 Å². The third-order valence-electron chi connectivity index (χ3n) is 4.11. The number of halogens is 2. The molecule has 0 bridgehead atoms. The molecule has 2 amide bonds. The van der Waals surface area contributed by atoms with Gasteiger partial charge >= 0.3 is 0 Å². The fourth-order valence-corrected chi connectivity index (χ4v) is 4.83. The van der Waals surface area contributed by atoms with E-state index in [9.17, 15) is 9.59 Å². The van der Waals surface area contributed by atoms with Crippen molar-refractivity contribution in [2.45, 2.75) is 9.79 Å². The van der Waals surface area contributed by atoms with E-state index < -0.39 is 0 Å². The van der Waals surface area contributed by atoms with E-state index in [1.807, 2.05) is 48.5 Å². The van der Waals surface area contributed by atoms with Crippen LogP contribution in [0.15, 0.2) is 87.5 Å². The van der Waals surface area contributed by atoms with Crippen molar-refractivity contribution in [3.8, 4) is 0 Å². The summed E-state index contributed by atoms with van der Waals surface area (Å²) < 4.78 is 0. The summed E-state index contributed by atoms with van der Waals surface area (Å²) in [6, 6.07) is 22.0. The van der Waals surface area contributed by atoms with Crippen molar-refractivity contribution in [2.75, 3.05) is 4.90 Å². The molecule has 1 aliphatic heterocycles. The van der Waals surface area contributed by atoms with Crippen LogP contribution in [0.3, 0.4) is 0 Å². The largest absolute Gasteiger partial charge is 0.298 e. The predicted octanol–water partition coefficient (Wildman–Crippen LogP) is 7.39. The third-order valence-corrected chi connectivity index (χ3v) is 6.56. The maximum absolute atomic E-state index is 12.9. The monoisotopic (exact) mass is 457 g/mol. The smallest absolute Gasteiger partial charge is 0.268 e. The summed E-state index contributed by atoms with van der Waals surface area (Å²) in [4.78, 5) is 28.9. The molecule has 1 heterocycles. The van der Waals surface area contributed by atoms with Gasteiger partial charge in [0, 0.05) is 19.8 Å². The minimum Gasteiger partial charge on any atom is -0.268 e. The number of anilines is 1. The molecule has 0 atom stereocenters. The van der Waals surface area contributed by atoms with Crippen LogP contribution in [-0.2, 0) is 4.79 Å². The normalized spacial score (nSPS) is 15.4. The molecule has 1 aliphatic rings. The number of amides is 2. The van der Waals surface area contributed by atoms with Crippen LogP contribution in [-0.4, -0.2) is 11.1 Å². The lowest BCUT2D eigenvalue weighted by molar-refractivity contribution is -0.113. The lowest BCUT2D eigenvalue weighted by Gasteiger charge is -2.12. The quantitative estimate of drug-likeness (QED) is 0.382. The van der Waals surface area contributed by atoms with Crippen molar-refractivity contribution < 1.29 is 9.59 Å². The molecule has 3 aromatic carbocycles. The van der Waals surface area contributed by atoms with Crippen LogP contribution < -0.4 is 4.90 Å². The van der Waals surface area contributed by atoms with Gasteiger partial charge in [-0.05, 0) is 71.9 Å². The highest BCUT2D eigenvalue weighted by Crippen LogP contribution is 2.38. The van der Waals surface area contributed by atoms with E-state index >= 15 is 0 Å². The minimum atomic E-state index is -0.353. The summed E-state index contributed by atoms with van der Waals surface area (Å²) in [7, 11) is 0. The van der Waals surface area contributed by atoms with Crippen LogP contribution in [0.2, 0.25) is 10.0 Å². The zero-order valence-electron chi connectivity index (χ0n) is 14.8. The van der Waals surface area contributed by atoms with Crippen molar-refractivity contribution >= 4 is 69.6 Å². The number of benzene rings is 3. The van der Waals surface area contributed by atoms with Gasteiger partial charge in [-0.15, -0.1) is 0 Å². The van der Waals surface area contributed by atoms with Crippen LogP contribution in [0.5, 0.6) is 0 Å². The van der Waals surface area contributed by atoms with Crippen molar-refractivity contribution in [1.29, 1.82) is 0 Å². The van der Waals surface area contributed by atoms with Gasteiger partial charge < -0.3 is 0 Å². The van der Waals surface area contributed by atoms with Crippen molar-refractivity contribution in [3.05, 3.63) is 93.3 Å². The molecule has 0 spiro atoms. The average molecular weight is 458 g/mol. The first-order valence-electron chi connectivity index (χ1n) is 8.57. The Bertz CT molecular complexity index is 1130. The lowest BCUT2D eigenvalue weighted by atomic mass is 10.2. The molecule has 0 saturated carbocycles. The fraction of sp³-hybridized carbons (Fsp3) is 0. The lowest BCUT2D eigenvalue weighted by Crippen LogP contribution is -2.27. The van der Waals surface area contributed by atoms with E-state index in [4.69, 9.17) is 23.2 Å². The Morgan fingerprint density at radius 3 is 2.38 bits per heavy atom. The Labute approximate surface area is 186 Å². The number of thioether (sulfide) groups is 1. The highest BCUT2D eigenvalue weighted by Gasteiger charge is 2.36. The molecule has 0 radical (unpaired) electrons. The predicted molar refractivity (Wildman–Crippen MR) is 122 cm³/mol. The van der Waals surface area contributed by atoms with E-state index in [1.165, 1.54) is 0 Å². The average Bonchev–Trinajstić information content (AvgIpc) is 2.98. The van der Waals surface area contributed by atoms with Crippen LogP contribution in [0, 0.1) is 0 Å². The van der Waals surface area contributed by atoms with Gasteiger partial charge in [-0.1, -0.05) is 59.2 Å². The van der Waals surface area contributed by atoms with E-state index in [1.54, 1.807) is 42.1 Å². The Balaban J connectivity index is 1.64. The van der Waals surface area contributed by atoms with Crippen LogP contribution in [0.25, 0.3) is 6.08 Å². The maximum atomic E-state index is 12.9. The molecule has 7 heteroatoms. The molecule has 0 aromatic heterocycles. The number of rotatable bonds is 4. The first-order chi connectivity index (χ1) is 14.0. The van der Waals surface area contributed by atoms with Gasteiger partial charge in [0.05, 0.1) is 10.6 Å². The standard InChI is InChI=1S/C22H13Cl2NO2S2/c23-15-8-10-18(11-9-15)28-19-7-2-1-4-14(19)12-20-21(26)25(22(27)29-20)17-6-3-5-16(24)13-17/h1-13H/b20-12-. The summed E-state index contributed by atoms with van der Waals surface area (Å²) in [5, 5.41) is 0.805. The number of nitrogens with zero attached hydrogens (tertiary/aromatic N) is 1. The van der Waals surface area contributed by atoms with Crippen molar-refractivity contribution in [1.82, 2.24) is 0 Å². The maximum Gasteiger partial charge on any atom is 0.298 e. The SMILES string of the molecule is O=C1S/C(=C\c2ccccc2Sc2ccc(Cl)cc2)C(=O)N1c1cccc(Cl)c1. The number of carbonyl (C=O) groups is 2. The van der Waals surface area contributed by atoms with Crippen LogP contribution in [0.1, 0.15) is 5.56 Å². The Morgan fingerprint density at radius 2 is 1.62 bits per heavy atom. The zero-order chi connectivity index (χ0) is 20.4. The number of imide groups is 1. The second-order valence-corrected chi connectivity index (χ2v) is 9.07. The molecular formula is C22H13Cl2NO2S2. The van der Waals surface area contributed by atoms with E-state index in [2.05, 4.69) is 0 Å². The Hall–Kier alpha value is -2.18. The molecule has 3 nitrogen and oxygen atoms in total. The number of hydrogen-bond donors (Lipinski definition) is 0. The summed E-state index contributed by atoms with van der Waals surface area (Å²) in [5.41, 5.74) is 1.33. The van der Waals surface area contributed by atoms with Gasteiger partial charge in [-0.25, -0.2) is 4.90 Å². The van der Waals surface area contributed by atoms with E-state index in [0.717, 1.165) is 32.0 Å². The van der Waals surface area contributed by atoms with Crippen LogP contribution in [0.4, 0.5) is 10.5 Å². The molecule has 3 aromatic rings. The number of carbonyl (C=O) groups excluding carboxylic acids is 2. The molecular weight excluding hydrogens is 445 g/mol. The van der Waals surface area contributed by atoms with Crippen molar-refractivity contribution in [3.63, 3.8) is 0 Å².